The summed E-state index contributed by atoms with van der Waals surface area (Å²) >= 11 is 0. The van der Waals surface area contributed by atoms with E-state index in [-0.39, 0.29) is 35.6 Å². The van der Waals surface area contributed by atoms with Crippen molar-refractivity contribution in [2.45, 2.75) is 13.2 Å². The fraction of sp³-hybridized carbons (Fsp3) is 0.105. The van der Waals surface area contributed by atoms with Gasteiger partial charge >= 0.3 is 6.61 Å². The largest absolute Gasteiger partial charge is 0.473 e. The summed E-state index contributed by atoms with van der Waals surface area (Å²) in [4.78, 5) is 7.83. The van der Waals surface area contributed by atoms with Crippen LogP contribution in [0.5, 0.6) is 23.4 Å². The van der Waals surface area contributed by atoms with Crippen molar-refractivity contribution in [1.29, 1.82) is 5.26 Å². The van der Waals surface area contributed by atoms with E-state index in [0.717, 1.165) is 5.56 Å². The summed E-state index contributed by atoms with van der Waals surface area (Å²) in [5.74, 6) is 0.161. The summed E-state index contributed by atoms with van der Waals surface area (Å²) < 4.78 is 39.9. The molecule has 27 heavy (non-hydrogen) atoms. The molecule has 3 rings (SSSR count). The predicted molar refractivity (Wildman–Crippen MR) is 90.7 cm³/mol. The van der Waals surface area contributed by atoms with E-state index in [1.807, 2.05) is 36.4 Å². The SMILES string of the molecule is N#Cc1cc(OCc2ccccc2)nc(Oc2ccnc(OC(F)F)c2)c1. The van der Waals surface area contributed by atoms with Crippen molar-refractivity contribution in [2.75, 3.05) is 0 Å². The lowest BCUT2D eigenvalue weighted by Crippen LogP contribution is -2.03. The molecule has 0 amide bonds. The van der Waals surface area contributed by atoms with Gasteiger partial charge in [0.15, 0.2) is 0 Å². The van der Waals surface area contributed by atoms with E-state index >= 15 is 0 Å². The van der Waals surface area contributed by atoms with Gasteiger partial charge in [0.2, 0.25) is 17.6 Å². The standard InChI is InChI=1S/C19H13F2N3O3/c20-19(21)27-16-10-15(6-7-23-16)26-18-9-14(11-22)8-17(24-18)25-12-13-4-2-1-3-5-13/h1-10,19H,12H2. The zero-order valence-corrected chi connectivity index (χ0v) is 13.9. The van der Waals surface area contributed by atoms with Crippen LogP contribution in [-0.2, 0) is 6.61 Å². The van der Waals surface area contributed by atoms with E-state index in [1.54, 1.807) is 0 Å². The van der Waals surface area contributed by atoms with E-state index in [4.69, 9.17) is 9.47 Å². The Morgan fingerprint density at radius 2 is 1.78 bits per heavy atom. The van der Waals surface area contributed by atoms with Crippen LogP contribution in [0.2, 0.25) is 0 Å². The third-order valence-electron chi connectivity index (χ3n) is 3.28. The van der Waals surface area contributed by atoms with Crippen LogP contribution >= 0.6 is 0 Å². The monoisotopic (exact) mass is 369 g/mol. The molecule has 0 saturated carbocycles. The van der Waals surface area contributed by atoms with Gasteiger partial charge in [0, 0.05) is 24.4 Å². The molecule has 0 bridgehead atoms. The minimum absolute atomic E-state index is 0.0753. The third-order valence-corrected chi connectivity index (χ3v) is 3.28. The smallest absolute Gasteiger partial charge is 0.388 e. The highest BCUT2D eigenvalue weighted by Crippen LogP contribution is 2.26. The van der Waals surface area contributed by atoms with Gasteiger partial charge in [0.05, 0.1) is 11.6 Å². The molecule has 8 heteroatoms. The van der Waals surface area contributed by atoms with Crippen LogP contribution < -0.4 is 14.2 Å². The molecule has 1 aromatic carbocycles. The van der Waals surface area contributed by atoms with Crippen LogP contribution in [0.15, 0.2) is 60.8 Å². The lowest BCUT2D eigenvalue weighted by atomic mass is 10.2. The van der Waals surface area contributed by atoms with E-state index in [2.05, 4.69) is 14.7 Å². The molecule has 0 fully saturated rings. The van der Waals surface area contributed by atoms with Gasteiger partial charge in [-0.2, -0.15) is 19.0 Å². The maximum Gasteiger partial charge on any atom is 0.388 e. The van der Waals surface area contributed by atoms with E-state index in [9.17, 15) is 14.0 Å². The average molecular weight is 369 g/mol. The molecular weight excluding hydrogens is 356 g/mol. The molecule has 2 heterocycles. The van der Waals surface area contributed by atoms with Gasteiger partial charge < -0.3 is 14.2 Å². The fourth-order valence-corrected chi connectivity index (χ4v) is 2.13. The molecule has 6 nitrogen and oxygen atoms in total. The van der Waals surface area contributed by atoms with Crippen LogP contribution in [0.25, 0.3) is 0 Å². The lowest BCUT2D eigenvalue weighted by molar-refractivity contribution is -0.0529. The number of nitrogens with zero attached hydrogens (tertiary/aromatic N) is 3. The molecule has 0 unspecified atom stereocenters. The summed E-state index contributed by atoms with van der Waals surface area (Å²) in [7, 11) is 0. The van der Waals surface area contributed by atoms with Gasteiger partial charge in [-0.05, 0) is 11.6 Å². The van der Waals surface area contributed by atoms with Crippen molar-refractivity contribution in [3.05, 3.63) is 71.9 Å². The lowest BCUT2D eigenvalue weighted by Gasteiger charge is -2.10. The quantitative estimate of drug-likeness (QED) is 0.617. The highest BCUT2D eigenvalue weighted by Gasteiger charge is 2.10. The molecule has 0 atom stereocenters. The zero-order chi connectivity index (χ0) is 19.1. The molecule has 0 aliphatic carbocycles. The number of alkyl halides is 2. The van der Waals surface area contributed by atoms with Gasteiger partial charge in [-0.1, -0.05) is 30.3 Å². The Kier molecular flexibility index (Phi) is 5.74. The summed E-state index contributed by atoms with van der Waals surface area (Å²) in [5.41, 5.74) is 1.22. The van der Waals surface area contributed by atoms with Crippen molar-refractivity contribution in [2.24, 2.45) is 0 Å². The number of hydrogen-bond donors (Lipinski definition) is 0. The molecule has 0 saturated heterocycles. The molecule has 0 N–H and O–H groups in total. The number of ether oxygens (including phenoxy) is 3. The van der Waals surface area contributed by atoms with Crippen molar-refractivity contribution < 1.29 is 23.0 Å². The summed E-state index contributed by atoms with van der Waals surface area (Å²) in [6, 6.07) is 17.0. The van der Waals surface area contributed by atoms with Crippen molar-refractivity contribution in [1.82, 2.24) is 9.97 Å². The highest BCUT2D eigenvalue weighted by atomic mass is 19.3. The van der Waals surface area contributed by atoms with Crippen LogP contribution in [-0.4, -0.2) is 16.6 Å². The Balaban J connectivity index is 1.76. The molecule has 136 valence electrons. The first-order valence-corrected chi connectivity index (χ1v) is 7.80. The van der Waals surface area contributed by atoms with Gasteiger partial charge in [-0.25, -0.2) is 4.98 Å². The third kappa shape index (κ3) is 5.37. The van der Waals surface area contributed by atoms with Crippen LogP contribution in [0.4, 0.5) is 8.78 Å². The van der Waals surface area contributed by atoms with Crippen molar-refractivity contribution in [3.8, 4) is 29.5 Å². The van der Waals surface area contributed by atoms with Crippen LogP contribution in [0.1, 0.15) is 11.1 Å². The number of hydrogen-bond acceptors (Lipinski definition) is 6. The fourth-order valence-electron chi connectivity index (χ4n) is 2.13. The molecule has 0 aliphatic heterocycles. The molecule has 3 aromatic rings. The second-order valence-corrected chi connectivity index (χ2v) is 5.23. The average Bonchev–Trinajstić information content (AvgIpc) is 2.67. The number of benzene rings is 1. The number of rotatable bonds is 7. The highest BCUT2D eigenvalue weighted by molar-refractivity contribution is 5.39. The van der Waals surface area contributed by atoms with Gasteiger partial charge in [0.25, 0.3) is 0 Å². The second kappa shape index (κ2) is 8.58. The summed E-state index contributed by atoms with van der Waals surface area (Å²) in [6.45, 7) is -2.73. The first-order valence-electron chi connectivity index (χ1n) is 7.80. The topological polar surface area (TPSA) is 77.3 Å². The minimum Gasteiger partial charge on any atom is -0.473 e. The Bertz CT molecular complexity index is 946. The normalized spacial score (nSPS) is 10.3. The first kappa shape index (κ1) is 18.1. The zero-order valence-electron chi connectivity index (χ0n) is 13.9. The minimum atomic E-state index is -2.99. The van der Waals surface area contributed by atoms with Crippen molar-refractivity contribution in [3.63, 3.8) is 0 Å². The van der Waals surface area contributed by atoms with E-state index in [0.29, 0.717) is 0 Å². The van der Waals surface area contributed by atoms with Crippen molar-refractivity contribution >= 4 is 0 Å². The van der Waals surface area contributed by atoms with E-state index in [1.165, 1.54) is 30.5 Å². The summed E-state index contributed by atoms with van der Waals surface area (Å²) in [6.07, 6.45) is 1.26. The Hall–Kier alpha value is -3.73. The Morgan fingerprint density at radius 3 is 2.52 bits per heavy atom. The van der Waals surface area contributed by atoms with Crippen LogP contribution in [0, 0.1) is 11.3 Å². The number of pyridine rings is 2. The Morgan fingerprint density at radius 1 is 1.00 bits per heavy atom. The maximum absolute atomic E-state index is 12.3. The molecule has 2 aromatic heterocycles. The molecule has 0 spiro atoms. The number of halogens is 2. The second-order valence-electron chi connectivity index (χ2n) is 5.23. The van der Waals surface area contributed by atoms with Gasteiger partial charge in [0.1, 0.15) is 12.4 Å². The maximum atomic E-state index is 12.3. The molecule has 0 aliphatic rings. The summed E-state index contributed by atoms with van der Waals surface area (Å²) in [5, 5.41) is 9.18. The number of nitriles is 1. The van der Waals surface area contributed by atoms with Gasteiger partial charge in [-0.3, -0.25) is 0 Å². The van der Waals surface area contributed by atoms with E-state index < -0.39 is 6.61 Å². The van der Waals surface area contributed by atoms with Gasteiger partial charge in [-0.15, -0.1) is 0 Å². The van der Waals surface area contributed by atoms with Crippen LogP contribution in [0.3, 0.4) is 0 Å². The Labute approximate surface area is 153 Å². The molecular formula is C19H13F2N3O3. The number of aromatic nitrogens is 2. The predicted octanol–water partition coefficient (Wildman–Crippen LogP) is 4.32. The molecule has 0 radical (unpaired) electrons. The first-order chi connectivity index (χ1) is 13.1.